The smallest absolute Gasteiger partial charge is 0.748 e. The Hall–Kier alpha value is -1.21. The van der Waals surface area contributed by atoms with Crippen LogP contribution in [0.2, 0.25) is 10.0 Å². The van der Waals surface area contributed by atoms with Crippen LogP contribution in [0.25, 0.3) is 0 Å². The number of nitrogens with zero attached hydrogens (tertiary/aromatic N) is 2. The first kappa shape index (κ1) is 45.2. The van der Waals surface area contributed by atoms with E-state index in [1.54, 1.807) is 0 Å². The first-order valence-electron chi connectivity index (χ1n) is 18.2. The molecule has 0 unspecified atom stereocenters. The molecular weight excluding hydrogens is 750 g/mol. The van der Waals surface area contributed by atoms with Crippen molar-refractivity contribution in [1.29, 1.82) is 0 Å². The zero-order valence-electron chi connectivity index (χ0n) is 31.4. The van der Waals surface area contributed by atoms with Crippen molar-refractivity contribution in [2.75, 3.05) is 29.5 Å². The van der Waals surface area contributed by atoms with Crippen LogP contribution in [0.5, 0.6) is 0 Å². The van der Waals surface area contributed by atoms with Crippen LogP contribution >= 0.6 is 23.2 Å². The molecule has 0 fully saturated rings. The molecule has 0 aromatic heterocycles. The summed E-state index contributed by atoms with van der Waals surface area (Å²) in [6.07, 6.45) is 16.7. The first-order chi connectivity index (χ1) is 23.9. The Balaban J connectivity index is 0.00000729. The van der Waals surface area contributed by atoms with Gasteiger partial charge in [0.1, 0.15) is 6.54 Å². The summed E-state index contributed by atoms with van der Waals surface area (Å²) in [5.74, 6) is -0.569. The van der Waals surface area contributed by atoms with Crippen molar-refractivity contribution in [3.8, 4) is 0 Å². The predicted octanol–water partition coefficient (Wildman–Crippen LogP) is 6.38. The van der Waals surface area contributed by atoms with Gasteiger partial charge in [0.15, 0.2) is 5.71 Å². The number of hydrogen-bond donors (Lipinski definition) is 0. The number of anilines is 1. The molecule has 4 rings (SSSR count). The Kier molecular flexibility index (Phi) is 17.0. The minimum Gasteiger partial charge on any atom is -0.748 e. The molecule has 282 valence electrons. The van der Waals surface area contributed by atoms with Crippen molar-refractivity contribution in [3.05, 3.63) is 81.5 Å². The average molecular weight is 804 g/mol. The molecule has 0 bridgehead atoms. The number of halogens is 2. The standard InChI is InChI=1S/C39H54Cl2N2O6S2.Na/c1-38(2)32-28-30(40)20-22-34(32)42(24-13-9-5-7-11-15-26-50(44,45)46)36(38)18-17-19-37-39(3,4)33-29-31(41)21-23-35(33)43(37)25-14-10-6-8-12-16-27-51(47,48)49;/h17-23,28-29H,5-16,24-27H2,1-4H3,(H-,44,45,46,47,48,49);/q;+1/p-1. The Morgan fingerprint density at radius 3 is 1.77 bits per heavy atom. The van der Waals surface area contributed by atoms with Crippen molar-refractivity contribution in [3.63, 3.8) is 0 Å². The van der Waals surface area contributed by atoms with Gasteiger partial charge in [-0.1, -0.05) is 88.1 Å². The number of rotatable bonds is 20. The normalized spacial score (nSPS) is 17.2. The van der Waals surface area contributed by atoms with Gasteiger partial charge in [-0.25, -0.2) is 16.8 Å². The molecule has 0 atom stereocenters. The minimum absolute atomic E-state index is 0. The third-order valence-corrected chi connectivity index (χ3v) is 12.3. The van der Waals surface area contributed by atoms with Gasteiger partial charge in [-0.15, -0.1) is 0 Å². The molecule has 0 spiro atoms. The summed E-state index contributed by atoms with van der Waals surface area (Å²) in [7, 11) is -8.28. The molecule has 2 aliphatic heterocycles. The van der Waals surface area contributed by atoms with Gasteiger partial charge in [-0.2, -0.15) is 4.58 Å². The summed E-state index contributed by atoms with van der Waals surface area (Å²) in [6.45, 7) is 10.6. The van der Waals surface area contributed by atoms with E-state index in [2.05, 4.69) is 79.7 Å². The van der Waals surface area contributed by atoms with Gasteiger partial charge < -0.3 is 14.0 Å². The van der Waals surface area contributed by atoms with E-state index in [1.807, 2.05) is 12.1 Å². The second-order valence-corrected chi connectivity index (χ2v) is 18.9. The zero-order valence-corrected chi connectivity index (χ0v) is 36.6. The number of allylic oxidation sites excluding steroid dienone is 4. The maximum absolute atomic E-state index is 10.9. The molecule has 2 aromatic carbocycles. The summed E-state index contributed by atoms with van der Waals surface area (Å²) in [5.41, 5.74) is 6.58. The van der Waals surface area contributed by atoms with Gasteiger partial charge in [0.05, 0.1) is 25.7 Å². The van der Waals surface area contributed by atoms with Crippen molar-refractivity contribution in [2.45, 2.75) is 116 Å². The number of fused-ring (bicyclic) bond motifs is 2. The van der Waals surface area contributed by atoms with E-state index in [0.717, 1.165) is 88.7 Å². The maximum atomic E-state index is 10.9. The molecule has 8 nitrogen and oxygen atoms in total. The summed E-state index contributed by atoms with van der Waals surface area (Å²) in [4.78, 5) is 2.41. The minimum atomic E-state index is -4.14. The van der Waals surface area contributed by atoms with Crippen molar-refractivity contribution >= 4 is 60.5 Å². The van der Waals surface area contributed by atoms with E-state index >= 15 is 0 Å². The molecule has 0 saturated carbocycles. The molecule has 52 heavy (non-hydrogen) atoms. The third-order valence-electron chi connectivity index (χ3n) is 10.3. The molecular formula is C39H53Cl2N2NaO6S2. The third kappa shape index (κ3) is 12.4. The quantitative estimate of drug-likeness (QED) is 0.0660. The Morgan fingerprint density at radius 2 is 1.19 bits per heavy atom. The second kappa shape index (κ2) is 19.6. The van der Waals surface area contributed by atoms with Gasteiger partial charge in [-0.3, -0.25) is 0 Å². The van der Waals surface area contributed by atoms with Gasteiger partial charge >= 0.3 is 29.6 Å². The molecule has 2 heterocycles. The van der Waals surface area contributed by atoms with Crippen LogP contribution in [0.4, 0.5) is 11.4 Å². The summed E-state index contributed by atoms with van der Waals surface area (Å²) in [6, 6.07) is 12.2. The van der Waals surface area contributed by atoms with Crippen LogP contribution in [0.3, 0.4) is 0 Å². The van der Waals surface area contributed by atoms with Gasteiger partial charge in [0, 0.05) is 69.0 Å². The maximum Gasteiger partial charge on any atom is 1.00 e. The fourth-order valence-corrected chi connectivity index (χ4v) is 8.98. The molecule has 0 saturated heterocycles. The van der Waals surface area contributed by atoms with Crippen LogP contribution < -0.4 is 34.5 Å². The number of benzene rings is 2. The van der Waals surface area contributed by atoms with E-state index in [-0.39, 0.29) is 51.9 Å². The van der Waals surface area contributed by atoms with Crippen molar-refractivity contribution < 1.29 is 60.1 Å². The van der Waals surface area contributed by atoms with Crippen LogP contribution in [0.1, 0.15) is 116 Å². The molecule has 0 N–H and O–H groups in total. The van der Waals surface area contributed by atoms with E-state index in [9.17, 15) is 25.9 Å². The van der Waals surface area contributed by atoms with Gasteiger partial charge in [0.25, 0.3) is 0 Å². The van der Waals surface area contributed by atoms with Crippen LogP contribution in [0.15, 0.2) is 60.3 Å². The van der Waals surface area contributed by atoms with E-state index < -0.39 is 20.2 Å². The van der Waals surface area contributed by atoms with Crippen molar-refractivity contribution in [1.82, 2.24) is 0 Å². The monoisotopic (exact) mass is 802 g/mol. The van der Waals surface area contributed by atoms with Crippen LogP contribution in [-0.4, -0.2) is 60.8 Å². The molecule has 0 radical (unpaired) electrons. The summed E-state index contributed by atoms with van der Waals surface area (Å²) in [5, 5.41) is 1.42. The predicted molar refractivity (Wildman–Crippen MR) is 208 cm³/mol. The zero-order chi connectivity index (χ0) is 37.5. The number of hydrogen-bond acceptors (Lipinski definition) is 7. The summed E-state index contributed by atoms with van der Waals surface area (Å²) < 4.78 is 67.7. The molecule has 0 aliphatic carbocycles. The largest absolute Gasteiger partial charge is 1.00 e. The topological polar surface area (TPSA) is 121 Å². The van der Waals surface area contributed by atoms with Gasteiger partial charge in [0.2, 0.25) is 5.69 Å². The number of unbranched alkanes of at least 4 members (excludes halogenated alkanes) is 10. The molecule has 2 aliphatic rings. The fourth-order valence-electron chi connectivity index (χ4n) is 7.52. The Labute approximate surface area is 344 Å². The second-order valence-electron chi connectivity index (χ2n) is 14.9. The van der Waals surface area contributed by atoms with E-state index in [4.69, 9.17) is 23.2 Å². The average Bonchev–Trinajstić information content (AvgIpc) is 3.36. The molecule has 2 aromatic rings. The van der Waals surface area contributed by atoms with Crippen LogP contribution in [0, 0.1) is 0 Å². The SMILES string of the molecule is CC1(C)C(=CC=CC2=[N+](CCCCCCCCS(=O)(=O)[O-])c3ccc(Cl)cc3C2(C)C)N(CCCCCCCCS(=O)(=O)[O-])c2ccc(Cl)cc21.[Na+]. The Morgan fingerprint density at radius 1 is 0.692 bits per heavy atom. The summed E-state index contributed by atoms with van der Waals surface area (Å²) >= 11 is 13.0. The molecule has 13 heteroatoms. The fraction of sp³-hybridized carbons (Fsp3) is 0.564. The first-order valence-corrected chi connectivity index (χ1v) is 22.1. The van der Waals surface area contributed by atoms with Crippen molar-refractivity contribution in [2.24, 2.45) is 0 Å². The molecule has 0 amide bonds. The Bertz CT molecular complexity index is 1860. The van der Waals surface area contributed by atoms with Gasteiger partial charge in [-0.05, 0) is 81.5 Å². The van der Waals surface area contributed by atoms with E-state index in [1.165, 1.54) is 22.5 Å². The van der Waals surface area contributed by atoms with E-state index in [0.29, 0.717) is 22.9 Å². The van der Waals surface area contributed by atoms with Crippen LogP contribution in [-0.2, 0) is 31.1 Å².